The van der Waals surface area contributed by atoms with Crippen LogP contribution in [0.15, 0.2) is 28.8 Å². The summed E-state index contributed by atoms with van der Waals surface area (Å²) in [6, 6.07) is 7.21. The van der Waals surface area contributed by atoms with Crippen molar-refractivity contribution in [2.45, 2.75) is 24.5 Å². The molecular weight excluding hydrogens is 292 g/mol. The minimum atomic E-state index is -3.17. The molecule has 1 atom stereocenters. The van der Waals surface area contributed by atoms with Gasteiger partial charge in [-0.05, 0) is 37.1 Å². The Hall–Kier alpha value is -1.89. The average Bonchev–Trinajstić information content (AvgIpc) is 2.96. The summed E-state index contributed by atoms with van der Waals surface area (Å²) in [4.78, 5) is 4.26. The minimum absolute atomic E-state index is 0.192. The van der Waals surface area contributed by atoms with Crippen LogP contribution in [0.5, 0.6) is 5.75 Å². The first-order chi connectivity index (χ1) is 10.1. The lowest BCUT2D eigenvalue weighted by Gasteiger charge is -2.18. The fraction of sp³-hybridized carbons (Fsp3) is 0.429. The van der Waals surface area contributed by atoms with Crippen molar-refractivity contribution in [3.8, 4) is 17.1 Å². The van der Waals surface area contributed by atoms with E-state index in [4.69, 9.17) is 9.26 Å². The van der Waals surface area contributed by atoms with Crippen LogP contribution >= 0.6 is 0 Å². The molecule has 0 unspecified atom stereocenters. The van der Waals surface area contributed by atoms with E-state index in [0.29, 0.717) is 18.7 Å². The molecule has 1 fully saturated rings. The Morgan fingerprint density at radius 3 is 2.67 bits per heavy atom. The third kappa shape index (κ3) is 2.78. The van der Waals surface area contributed by atoms with Crippen molar-refractivity contribution in [1.82, 2.24) is 10.1 Å². The number of hydrogen-bond acceptors (Lipinski definition) is 6. The summed E-state index contributed by atoms with van der Waals surface area (Å²) in [7, 11) is -1.58. The average molecular weight is 308 g/mol. The molecular formula is C14H16N2O4S. The monoisotopic (exact) mass is 308 g/mol. The molecule has 6 nitrogen and oxygen atoms in total. The predicted molar refractivity (Wildman–Crippen MR) is 76.7 cm³/mol. The summed E-state index contributed by atoms with van der Waals surface area (Å²) in [6.45, 7) is 0. The Morgan fingerprint density at radius 1 is 1.24 bits per heavy atom. The SMILES string of the molecule is COc1ccc(-c2noc([C@H]3CCCCS3(=O)=O)n2)cc1. The number of methoxy groups -OCH3 is 1. The highest BCUT2D eigenvalue weighted by atomic mass is 32.2. The summed E-state index contributed by atoms with van der Waals surface area (Å²) >= 11 is 0. The number of rotatable bonds is 3. The van der Waals surface area contributed by atoms with Gasteiger partial charge in [0.2, 0.25) is 11.7 Å². The number of benzene rings is 1. The van der Waals surface area contributed by atoms with Gasteiger partial charge in [-0.3, -0.25) is 0 Å². The first-order valence-corrected chi connectivity index (χ1v) is 8.51. The smallest absolute Gasteiger partial charge is 0.245 e. The minimum Gasteiger partial charge on any atom is -0.497 e. The molecule has 1 aromatic carbocycles. The third-order valence-electron chi connectivity index (χ3n) is 3.64. The number of aromatic nitrogens is 2. The van der Waals surface area contributed by atoms with Gasteiger partial charge in [0.25, 0.3) is 0 Å². The molecule has 0 aliphatic carbocycles. The van der Waals surface area contributed by atoms with E-state index in [2.05, 4.69) is 10.1 Å². The van der Waals surface area contributed by atoms with Crippen molar-refractivity contribution < 1.29 is 17.7 Å². The second kappa shape index (κ2) is 5.48. The standard InChI is InChI=1S/C14H16N2O4S/c1-19-11-7-5-10(6-8-11)13-15-14(20-16-13)12-4-2-3-9-21(12,17)18/h5-8,12H,2-4,9H2,1H3/t12-/m1/s1. The second-order valence-corrected chi connectivity index (χ2v) is 7.34. The molecule has 1 aliphatic rings. The maximum atomic E-state index is 12.1. The van der Waals surface area contributed by atoms with E-state index in [1.165, 1.54) is 0 Å². The lowest BCUT2D eigenvalue weighted by molar-refractivity contribution is 0.364. The summed E-state index contributed by atoms with van der Waals surface area (Å²) in [5, 5.41) is 3.23. The van der Waals surface area contributed by atoms with Crippen LogP contribution in [0.2, 0.25) is 0 Å². The summed E-state index contributed by atoms with van der Waals surface area (Å²) < 4.78 is 34.4. The molecule has 7 heteroatoms. The zero-order chi connectivity index (χ0) is 14.9. The van der Waals surface area contributed by atoms with Gasteiger partial charge in [-0.2, -0.15) is 4.98 Å². The van der Waals surface area contributed by atoms with E-state index < -0.39 is 15.1 Å². The molecule has 0 saturated carbocycles. The van der Waals surface area contributed by atoms with Gasteiger partial charge >= 0.3 is 0 Å². The number of nitrogens with zero attached hydrogens (tertiary/aromatic N) is 2. The van der Waals surface area contributed by atoms with Gasteiger partial charge in [0.15, 0.2) is 9.84 Å². The quantitative estimate of drug-likeness (QED) is 0.866. The molecule has 1 saturated heterocycles. The Labute approximate surface area is 123 Å². The highest BCUT2D eigenvalue weighted by Crippen LogP contribution is 2.33. The van der Waals surface area contributed by atoms with E-state index in [9.17, 15) is 8.42 Å². The molecule has 0 amide bonds. The van der Waals surface area contributed by atoms with Crippen LogP contribution in [-0.4, -0.2) is 31.4 Å². The fourth-order valence-electron chi connectivity index (χ4n) is 2.46. The van der Waals surface area contributed by atoms with Crippen molar-refractivity contribution in [3.63, 3.8) is 0 Å². The molecule has 3 rings (SSSR count). The number of sulfone groups is 1. The molecule has 1 aromatic heterocycles. The molecule has 2 aromatic rings. The van der Waals surface area contributed by atoms with Crippen molar-refractivity contribution in [2.75, 3.05) is 12.9 Å². The van der Waals surface area contributed by atoms with Gasteiger partial charge in [0.1, 0.15) is 11.0 Å². The van der Waals surface area contributed by atoms with Crippen LogP contribution < -0.4 is 4.74 Å². The normalized spacial score (nSPS) is 21.1. The van der Waals surface area contributed by atoms with Crippen LogP contribution in [-0.2, 0) is 9.84 Å². The molecule has 2 heterocycles. The second-order valence-electron chi connectivity index (χ2n) is 5.04. The maximum absolute atomic E-state index is 12.1. The van der Waals surface area contributed by atoms with Crippen molar-refractivity contribution >= 4 is 9.84 Å². The van der Waals surface area contributed by atoms with Crippen LogP contribution in [0.1, 0.15) is 30.4 Å². The highest BCUT2D eigenvalue weighted by molar-refractivity contribution is 7.91. The summed E-state index contributed by atoms with van der Waals surface area (Å²) in [5.41, 5.74) is 0.763. The van der Waals surface area contributed by atoms with Crippen LogP contribution in [0, 0.1) is 0 Å². The lowest BCUT2D eigenvalue weighted by atomic mass is 10.2. The zero-order valence-corrected chi connectivity index (χ0v) is 12.5. The molecule has 21 heavy (non-hydrogen) atoms. The molecule has 0 N–H and O–H groups in total. The number of hydrogen-bond donors (Lipinski definition) is 0. The van der Waals surface area contributed by atoms with E-state index in [0.717, 1.165) is 17.7 Å². The highest BCUT2D eigenvalue weighted by Gasteiger charge is 2.34. The summed E-state index contributed by atoms with van der Waals surface area (Å²) in [5.74, 6) is 1.52. The van der Waals surface area contributed by atoms with Crippen molar-refractivity contribution in [1.29, 1.82) is 0 Å². The van der Waals surface area contributed by atoms with Crippen molar-refractivity contribution in [2.24, 2.45) is 0 Å². The van der Waals surface area contributed by atoms with Gasteiger partial charge in [-0.25, -0.2) is 8.42 Å². The van der Waals surface area contributed by atoms with Gasteiger partial charge in [0.05, 0.1) is 12.9 Å². The Morgan fingerprint density at radius 2 is 2.00 bits per heavy atom. The molecule has 112 valence electrons. The number of ether oxygens (including phenoxy) is 1. The largest absolute Gasteiger partial charge is 0.497 e. The van der Waals surface area contributed by atoms with Crippen LogP contribution in [0.4, 0.5) is 0 Å². The maximum Gasteiger partial charge on any atom is 0.245 e. The van der Waals surface area contributed by atoms with E-state index in [1.807, 2.05) is 12.1 Å². The van der Waals surface area contributed by atoms with Gasteiger partial charge in [-0.15, -0.1) is 0 Å². The van der Waals surface area contributed by atoms with Gasteiger partial charge < -0.3 is 9.26 Å². The van der Waals surface area contributed by atoms with E-state index >= 15 is 0 Å². The first-order valence-electron chi connectivity index (χ1n) is 6.80. The summed E-state index contributed by atoms with van der Waals surface area (Å²) in [6.07, 6.45) is 2.12. The Kier molecular flexibility index (Phi) is 3.67. The zero-order valence-electron chi connectivity index (χ0n) is 11.7. The first kappa shape index (κ1) is 14.1. The van der Waals surface area contributed by atoms with E-state index in [-0.39, 0.29) is 11.6 Å². The van der Waals surface area contributed by atoms with Gasteiger partial charge in [0, 0.05) is 5.56 Å². The molecule has 0 bridgehead atoms. The van der Waals surface area contributed by atoms with Crippen LogP contribution in [0.3, 0.4) is 0 Å². The van der Waals surface area contributed by atoms with Gasteiger partial charge in [-0.1, -0.05) is 11.6 Å². The van der Waals surface area contributed by atoms with Crippen LogP contribution in [0.25, 0.3) is 11.4 Å². The van der Waals surface area contributed by atoms with Crippen molar-refractivity contribution in [3.05, 3.63) is 30.2 Å². The molecule has 0 spiro atoms. The Bertz CT molecular complexity index is 722. The molecule has 0 radical (unpaired) electrons. The Balaban J connectivity index is 1.88. The predicted octanol–water partition coefficient (Wildman–Crippen LogP) is 2.39. The van der Waals surface area contributed by atoms with E-state index in [1.54, 1.807) is 19.2 Å². The molecule has 1 aliphatic heterocycles. The topological polar surface area (TPSA) is 82.3 Å². The lowest BCUT2D eigenvalue weighted by Crippen LogP contribution is -2.21. The fourth-order valence-corrected chi connectivity index (χ4v) is 4.27. The third-order valence-corrected chi connectivity index (χ3v) is 5.81.